The fraction of sp³-hybridized carbons (Fsp3) is 0.304. The molecule has 0 aliphatic rings. The molecule has 0 saturated heterocycles. The fourth-order valence-corrected chi connectivity index (χ4v) is 3.36. The van der Waals surface area contributed by atoms with Crippen LogP contribution in [0.5, 0.6) is 11.5 Å². The molecule has 2 aromatic heterocycles. The van der Waals surface area contributed by atoms with E-state index in [4.69, 9.17) is 10.00 Å². The zero-order chi connectivity index (χ0) is 21.7. The SMILES string of the molecule is CCCc1c(OCc2cccn3c(=O)c(CCC#N)cnc23)ccc(C(C)=O)c1O. The standard InChI is InChI=1S/C23H23N3O4/c1-3-6-19-20(10-9-18(15(2)27)21(19)28)30-14-17-8-5-12-26-22(17)25-13-16(23(26)29)7-4-11-24/h5,8-10,12-13,28H,3-4,6-7,14H2,1-2H3. The highest BCUT2D eigenvalue weighted by molar-refractivity contribution is 5.97. The summed E-state index contributed by atoms with van der Waals surface area (Å²) in [6.45, 7) is 3.54. The molecule has 154 valence electrons. The van der Waals surface area contributed by atoms with Crippen LogP contribution in [0.15, 0.2) is 41.5 Å². The monoisotopic (exact) mass is 405 g/mol. The Morgan fingerprint density at radius 3 is 2.77 bits per heavy atom. The maximum Gasteiger partial charge on any atom is 0.261 e. The average molecular weight is 405 g/mol. The third-order valence-electron chi connectivity index (χ3n) is 4.89. The van der Waals surface area contributed by atoms with Crippen LogP contribution in [0.4, 0.5) is 0 Å². The van der Waals surface area contributed by atoms with Gasteiger partial charge in [0.2, 0.25) is 0 Å². The lowest BCUT2D eigenvalue weighted by Crippen LogP contribution is -2.20. The van der Waals surface area contributed by atoms with Crippen molar-refractivity contribution in [2.45, 2.75) is 46.1 Å². The van der Waals surface area contributed by atoms with Gasteiger partial charge in [-0.25, -0.2) is 4.98 Å². The number of aromatic hydroxyl groups is 1. The van der Waals surface area contributed by atoms with Crippen molar-refractivity contribution in [1.82, 2.24) is 9.38 Å². The minimum atomic E-state index is -0.207. The topological polar surface area (TPSA) is 105 Å². The normalized spacial score (nSPS) is 10.7. The third-order valence-corrected chi connectivity index (χ3v) is 4.89. The number of hydrogen-bond acceptors (Lipinski definition) is 6. The van der Waals surface area contributed by atoms with E-state index in [1.165, 1.54) is 17.5 Å². The first kappa shape index (κ1) is 21.1. The van der Waals surface area contributed by atoms with Crippen LogP contribution in [0.3, 0.4) is 0 Å². The number of fused-ring (bicyclic) bond motifs is 1. The number of carbonyl (C=O) groups is 1. The maximum absolute atomic E-state index is 12.7. The zero-order valence-corrected chi connectivity index (χ0v) is 17.0. The number of hydrogen-bond donors (Lipinski definition) is 1. The largest absolute Gasteiger partial charge is 0.507 e. The Balaban J connectivity index is 1.94. The lowest BCUT2D eigenvalue weighted by molar-refractivity contribution is 0.101. The van der Waals surface area contributed by atoms with Crippen LogP contribution in [0.1, 0.15) is 53.7 Å². The van der Waals surface area contributed by atoms with Crippen molar-refractivity contribution >= 4 is 11.4 Å². The van der Waals surface area contributed by atoms with Crippen LogP contribution in [0.25, 0.3) is 5.65 Å². The Labute approximate surface area is 174 Å². The molecule has 1 aromatic carbocycles. The molecule has 3 aromatic rings. The van der Waals surface area contributed by atoms with Crippen molar-refractivity contribution in [3.63, 3.8) is 0 Å². The number of rotatable bonds is 8. The molecule has 7 nitrogen and oxygen atoms in total. The van der Waals surface area contributed by atoms with Crippen LogP contribution < -0.4 is 10.3 Å². The number of aryl methyl sites for hydroxylation is 1. The number of benzene rings is 1. The van der Waals surface area contributed by atoms with Gasteiger partial charge in [0, 0.05) is 35.5 Å². The molecule has 7 heteroatoms. The van der Waals surface area contributed by atoms with Gasteiger partial charge >= 0.3 is 0 Å². The molecule has 0 fully saturated rings. The van der Waals surface area contributed by atoms with E-state index >= 15 is 0 Å². The number of phenolic OH excluding ortho intramolecular Hbond substituents is 1. The van der Waals surface area contributed by atoms with Crippen molar-refractivity contribution in [2.75, 3.05) is 0 Å². The molecule has 0 aliphatic carbocycles. The summed E-state index contributed by atoms with van der Waals surface area (Å²) in [7, 11) is 0. The third kappa shape index (κ3) is 4.18. The van der Waals surface area contributed by atoms with Crippen molar-refractivity contribution in [3.05, 3.63) is 69.3 Å². The lowest BCUT2D eigenvalue weighted by Gasteiger charge is -2.15. The first-order chi connectivity index (χ1) is 14.5. The summed E-state index contributed by atoms with van der Waals surface area (Å²) in [5.74, 6) is 0.242. The fourth-order valence-electron chi connectivity index (χ4n) is 3.36. The first-order valence-electron chi connectivity index (χ1n) is 9.81. The van der Waals surface area contributed by atoms with Crippen molar-refractivity contribution in [3.8, 4) is 17.6 Å². The predicted molar refractivity (Wildman–Crippen MR) is 112 cm³/mol. The Hall–Kier alpha value is -3.66. The second-order valence-electron chi connectivity index (χ2n) is 7.01. The van der Waals surface area contributed by atoms with Gasteiger partial charge in [-0.3, -0.25) is 14.0 Å². The molecular weight excluding hydrogens is 382 g/mol. The molecule has 0 radical (unpaired) electrons. The molecular formula is C23H23N3O4. The molecule has 0 atom stereocenters. The van der Waals surface area contributed by atoms with Gasteiger partial charge < -0.3 is 9.84 Å². The van der Waals surface area contributed by atoms with Gasteiger partial charge in [0.1, 0.15) is 23.8 Å². The second kappa shape index (κ2) is 9.23. The van der Waals surface area contributed by atoms with Crippen LogP contribution >= 0.6 is 0 Å². The summed E-state index contributed by atoms with van der Waals surface area (Å²) in [6, 6.07) is 8.84. The van der Waals surface area contributed by atoms with E-state index in [1.807, 2.05) is 19.1 Å². The van der Waals surface area contributed by atoms with Gasteiger partial charge in [0.05, 0.1) is 11.6 Å². The van der Waals surface area contributed by atoms with Crippen LogP contribution in [-0.2, 0) is 19.4 Å². The zero-order valence-electron chi connectivity index (χ0n) is 17.0. The number of nitriles is 1. The van der Waals surface area contributed by atoms with E-state index in [0.29, 0.717) is 40.9 Å². The maximum atomic E-state index is 12.7. The minimum Gasteiger partial charge on any atom is -0.507 e. The molecule has 3 rings (SSSR count). The molecule has 0 aliphatic heterocycles. The molecule has 0 saturated carbocycles. The van der Waals surface area contributed by atoms with E-state index in [1.54, 1.807) is 24.4 Å². The van der Waals surface area contributed by atoms with Crippen molar-refractivity contribution in [1.29, 1.82) is 5.26 Å². The van der Waals surface area contributed by atoms with Gasteiger partial charge in [-0.2, -0.15) is 5.26 Å². The molecule has 30 heavy (non-hydrogen) atoms. The van der Waals surface area contributed by atoms with E-state index in [2.05, 4.69) is 4.98 Å². The highest BCUT2D eigenvalue weighted by Crippen LogP contribution is 2.33. The van der Waals surface area contributed by atoms with Gasteiger partial charge in [0.25, 0.3) is 5.56 Å². The number of pyridine rings is 1. The summed E-state index contributed by atoms with van der Waals surface area (Å²) in [4.78, 5) is 28.8. The molecule has 0 bridgehead atoms. The van der Waals surface area contributed by atoms with E-state index in [0.717, 1.165) is 6.42 Å². The van der Waals surface area contributed by atoms with Gasteiger partial charge in [0.15, 0.2) is 5.78 Å². The highest BCUT2D eigenvalue weighted by atomic mass is 16.5. The Morgan fingerprint density at radius 1 is 1.27 bits per heavy atom. The lowest BCUT2D eigenvalue weighted by atomic mass is 10.0. The molecule has 0 amide bonds. The number of ketones is 1. The summed E-state index contributed by atoms with van der Waals surface area (Å²) >= 11 is 0. The molecule has 1 N–H and O–H groups in total. The quantitative estimate of drug-likeness (QED) is 0.574. The van der Waals surface area contributed by atoms with Gasteiger partial charge in [-0.1, -0.05) is 19.4 Å². The number of Topliss-reactive ketones (excluding diaryl/α,β-unsaturated/α-hetero) is 1. The van der Waals surface area contributed by atoms with Crippen molar-refractivity contribution < 1.29 is 14.6 Å². The Morgan fingerprint density at radius 2 is 2.07 bits per heavy atom. The number of aromatic nitrogens is 2. The van der Waals surface area contributed by atoms with Crippen molar-refractivity contribution in [2.24, 2.45) is 0 Å². The number of ether oxygens (including phenoxy) is 1. The number of carbonyl (C=O) groups excluding carboxylic acids is 1. The smallest absolute Gasteiger partial charge is 0.261 e. The highest BCUT2D eigenvalue weighted by Gasteiger charge is 2.16. The van der Waals surface area contributed by atoms with E-state index in [-0.39, 0.29) is 35.7 Å². The Bertz CT molecular complexity index is 1190. The second-order valence-corrected chi connectivity index (χ2v) is 7.01. The summed E-state index contributed by atoms with van der Waals surface area (Å²) in [6.07, 6.45) is 5.11. The predicted octanol–water partition coefficient (Wildman–Crippen LogP) is 3.59. The average Bonchev–Trinajstić information content (AvgIpc) is 2.73. The Kier molecular flexibility index (Phi) is 6.48. The van der Waals surface area contributed by atoms with E-state index < -0.39 is 0 Å². The minimum absolute atomic E-state index is 0.0451. The van der Waals surface area contributed by atoms with E-state index in [9.17, 15) is 14.7 Å². The van der Waals surface area contributed by atoms with Crippen LogP contribution in [0.2, 0.25) is 0 Å². The summed E-state index contributed by atoms with van der Waals surface area (Å²) in [5, 5.41) is 19.2. The molecule has 2 heterocycles. The van der Waals surface area contributed by atoms with Crippen LogP contribution in [0, 0.1) is 11.3 Å². The first-order valence-corrected chi connectivity index (χ1v) is 9.81. The van der Waals surface area contributed by atoms with Gasteiger partial charge in [-0.15, -0.1) is 0 Å². The number of nitrogens with zero attached hydrogens (tertiary/aromatic N) is 3. The number of phenols is 1. The summed E-state index contributed by atoms with van der Waals surface area (Å²) in [5.41, 5.74) is 2.33. The van der Waals surface area contributed by atoms with Gasteiger partial charge in [-0.05, 0) is 38.0 Å². The molecule has 0 spiro atoms. The summed E-state index contributed by atoms with van der Waals surface area (Å²) < 4.78 is 7.42. The molecule has 0 unspecified atom stereocenters. The van der Waals surface area contributed by atoms with Crippen LogP contribution in [-0.4, -0.2) is 20.3 Å².